The number of nitrogens with zero attached hydrogens (tertiary/aromatic N) is 1. The van der Waals surface area contributed by atoms with Gasteiger partial charge in [0.2, 0.25) is 0 Å². The van der Waals surface area contributed by atoms with E-state index in [1.165, 1.54) is 11.3 Å². The van der Waals surface area contributed by atoms with Crippen LogP contribution in [0.2, 0.25) is 0 Å². The molecule has 0 spiro atoms. The zero-order valence-corrected chi connectivity index (χ0v) is 10.8. The van der Waals surface area contributed by atoms with Crippen LogP contribution in [0.4, 0.5) is 9.93 Å². The molecule has 3 N–H and O–H groups in total. The van der Waals surface area contributed by atoms with E-state index in [4.69, 9.17) is 5.11 Å². The molecule has 0 fully saturated rings. The van der Waals surface area contributed by atoms with Crippen LogP contribution >= 0.6 is 27.3 Å². The van der Waals surface area contributed by atoms with Crippen molar-refractivity contribution in [3.8, 4) is 0 Å². The van der Waals surface area contributed by atoms with E-state index in [2.05, 4.69) is 31.5 Å². The first-order valence-electron chi connectivity index (χ1n) is 4.44. The van der Waals surface area contributed by atoms with Gasteiger partial charge in [-0.1, -0.05) is 18.3 Å². The van der Waals surface area contributed by atoms with E-state index in [9.17, 15) is 9.59 Å². The first-order valence-corrected chi connectivity index (χ1v) is 6.05. The summed E-state index contributed by atoms with van der Waals surface area (Å²) in [6, 6.07) is -1.46. The average Bonchev–Trinajstić information content (AvgIpc) is 2.60. The van der Waals surface area contributed by atoms with Gasteiger partial charge in [0.25, 0.3) is 0 Å². The number of nitrogens with one attached hydrogen (secondary N) is 2. The minimum absolute atomic E-state index is 0.324. The Morgan fingerprint density at radius 2 is 2.38 bits per heavy atom. The molecule has 0 aromatic carbocycles. The van der Waals surface area contributed by atoms with Gasteiger partial charge in [-0.15, -0.1) is 0 Å². The lowest BCUT2D eigenvalue weighted by atomic mass is 10.2. The third-order valence-electron chi connectivity index (χ3n) is 1.71. The van der Waals surface area contributed by atoms with Gasteiger partial charge in [0.1, 0.15) is 6.04 Å². The number of rotatable bonds is 4. The Morgan fingerprint density at radius 3 is 2.81 bits per heavy atom. The number of hydrogen-bond acceptors (Lipinski definition) is 4. The molecule has 2 amide bonds. The number of urea groups is 1. The van der Waals surface area contributed by atoms with Crippen molar-refractivity contribution in [2.24, 2.45) is 0 Å². The second kappa shape index (κ2) is 5.80. The van der Waals surface area contributed by atoms with Crippen LogP contribution in [0.25, 0.3) is 0 Å². The summed E-state index contributed by atoms with van der Waals surface area (Å²) in [5.41, 5.74) is 0. The van der Waals surface area contributed by atoms with Crippen molar-refractivity contribution >= 4 is 44.4 Å². The van der Waals surface area contributed by atoms with Crippen LogP contribution in [0.15, 0.2) is 9.98 Å². The molecule has 0 aliphatic heterocycles. The summed E-state index contributed by atoms with van der Waals surface area (Å²) < 4.78 is 0.785. The molecule has 16 heavy (non-hydrogen) atoms. The van der Waals surface area contributed by atoms with Gasteiger partial charge in [-0.25, -0.2) is 14.6 Å². The van der Waals surface area contributed by atoms with Gasteiger partial charge >= 0.3 is 12.0 Å². The van der Waals surface area contributed by atoms with Gasteiger partial charge in [0.05, 0.1) is 9.98 Å². The highest BCUT2D eigenvalue weighted by Gasteiger charge is 2.17. The lowest BCUT2D eigenvalue weighted by Crippen LogP contribution is -2.42. The minimum Gasteiger partial charge on any atom is -0.480 e. The summed E-state index contributed by atoms with van der Waals surface area (Å²) in [4.78, 5) is 25.9. The van der Waals surface area contributed by atoms with E-state index in [-0.39, 0.29) is 0 Å². The number of carbonyl (C=O) groups is 2. The largest absolute Gasteiger partial charge is 0.480 e. The Kier molecular flexibility index (Phi) is 4.69. The van der Waals surface area contributed by atoms with Crippen LogP contribution in [0, 0.1) is 0 Å². The van der Waals surface area contributed by atoms with Gasteiger partial charge in [0.15, 0.2) is 5.13 Å². The highest BCUT2D eigenvalue weighted by Crippen LogP contribution is 2.22. The van der Waals surface area contributed by atoms with Crippen molar-refractivity contribution < 1.29 is 14.7 Å². The van der Waals surface area contributed by atoms with E-state index in [1.54, 1.807) is 13.1 Å². The molecule has 0 bridgehead atoms. The molecule has 0 radical (unpaired) electrons. The maximum Gasteiger partial charge on any atom is 0.326 e. The monoisotopic (exact) mass is 307 g/mol. The Bertz CT molecular complexity index is 396. The molecule has 1 aromatic heterocycles. The summed E-state index contributed by atoms with van der Waals surface area (Å²) in [5, 5.41) is 13.9. The van der Waals surface area contributed by atoms with Crippen LogP contribution in [0.5, 0.6) is 0 Å². The van der Waals surface area contributed by atoms with Crippen molar-refractivity contribution in [1.29, 1.82) is 0 Å². The summed E-state index contributed by atoms with van der Waals surface area (Å²) in [6.07, 6.45) is 1.87. The van der Waals surface area contributed by atoms with E-state index in [1.807, 2.05) is 0 Å². The third-order valence-corrected chi connectivity index (χ3v) is 3.10. The summed E-state index contributed by atoms with van der Waals surface area (Å²) in [5.74, 6) is -1.06. The Balaban J connectivity index is 2.50. The molecule has 1 rings (SSSR count). The molecule has 0 aliphatic carbocycles. The Hall–Kier alpha value is -1.15. The van der Waals surface area contributed by atoms with Crippen molar-refractivity contribution in [1.82, 2.24) is 10.3 Å². The number of aliphatic carboxylic acids is 1. The standard InChI is InChI=1S/C8H10BrN3O3S/c1-2-4(6(13)14)11-7(15)12-8-10-3-5(9)16-8/h3-4H,2H2,1H3,(H,13,14)(H2,10,11,12,15). The maximum absolute atomic E-state index is 11.4. The quantitative estimate of drug-likeness (QED) is 0.792. The number of amides is 2. The molecule has 0 aliphatic rings. The van der Waals surface area contributed by atoms with E-state index in [0.29, 0.717) is 11.6 Å². The summed E-state index contributed by atoms with van der Waals surface area (Å²) >= 11 is 4.45. The SMILES string of the molecule is CCC(NC(=O)Nc1ncc(Br)s1)C(=O)O. The smallest absolute Gasteiger partial charge is 0.326 e. The van der Waals surface area contributed by atoms with Gasteiger partial charge in [-0.2, -0.15) is 0 Å². The molecule has 1 atom stereocenters. The lowest BCUT2D eigenvalue weighted by molar-refractivity contribution is -0.139. The Morgan fingerprint density at radius 1 is 1.69 bits per heavy atom. The van der Waals surface area contributed by atoms with Crippen molar-refractivity contribution in [2.75, 3.05) is 5.32 Å². The van der Waals surface area contributed by atoms with Crippen LogP contribution in [0.3, 0.4) is 0 Å². The second-order valence-corrected chi connectivity index (χ2v) is 5.28. The fourth-order valence-corrected chi connectivity index (χ4v) is 2.04. The van der Waals surface area contributed by atoms with Gasteiger partial charge in [0, 0.05) is 0 Å². The molecular weight excluding hydrogens is 298 g/mol. The molecule has 1 aromatic rings. The number of carboxylic acid groups (broad SMARTS) is 1. The number of aromatic nitrogens is 1. The van der Waals surface area contributed by atoms with Crippen LogP contribution in [0.1, 0.15) is 13.3 Å². The predicted molar refractivity (Wildman–Crippen MR) is 63.7 cm³/mol. The second-order valence-electron chi connectivity index (χ2n) is 2.87. The molecule has 6 nitrogen and oxygen atoms in total. The summed E-state index contributed by atoms with van der Waals surface area (Å²) in [6.45, 7) is 1.68. The van der Waals surface area contributed by atoms with E-state index in [0.717, 1.165) is 3.79 Å². The number of anilines is 1. The number of carbonyl (C=O) groups excluding carboxylic acids is 1. The zero-order valence-electron chi connectivity index (χ0n) is 8.36. The molecule has 0 saturated carbocycles. The van der Waals surface area contributed by atoms with Crippen LogP contribution in [-0.2, 0) is 4.79 Å². The minimum atomic E-state index is -1.06. The number of thiazole rings is 1. The van der Waals surface area contributed by atoms with Gasteiger partial charge in [-0.3, -0.25) is 5.32 Å². The first-order chi connectivity index (χ1) is 7.52. The van der Waals surface area contributed by atoms with E-state index < -0.39 is 18.0 Å². The molecule has 88 valence electrons. The average molecular weight is 308 g/mol. The molecule has 1 unspecified atom stereocenters. The maximum atomic E-state index is 11.4. The van der Waals surface area contributed by atoms with E-state index >= 15 is 0 Å². The number of hydrogen-bond donors (Lipinski definition) is 3. The van der Waals surface area contributed by atoms with Crippen LogP contribution in [-0.4, -0.2) is 28.1 Å². The highest BCUT2D eigenvalue weighted by atomic mass is 79.9. The number of carboxylic acids is 1. The Labute approximate surface area is 104 Å². The number of halogens is 1. The fourth-order valence-electron chi connectivity index (χ4n) is 0.942. The molecule has 8 heteroatoms. The normalized spacial score (nSPS) is 11.9. The van der Waals surface area contributed by atoms with Gasteiger partial charge < -0.3 is 10.4 Å². The van der Waals surface area contributed by atoms with Crippen LogP contribution < -0.4 is 10.6 Å². The topological polar surface area (TPSA) is 91.3 Å². The molecule has 1 heterocycles. The van der Waals surface area contributed by atoms with Gasteiger partial charge in [-0.05, 0) is 22.4 Å². The first kappa shape index (κ1) is 12.9. The van der Waals surface area contributed by atoms with Crippen molar-refractivity contribution in [3.05, 3.63) is 9.98 Å². The third kappa shape index (κ3) is 3.78. The van der Waals surface area contributed by atoms with Crippen molar-refractivity contribution in [3.63, 3.8) is 0 Å². The molecule has 0 saturated heterocycles. The highest BCUT2D eigenvalue weighted by molar-refractivity contribution is 9.11. The predicted octanol–water partition coefficient (Wildman–Crippen LogP) is 1.89. The molecular formula is C8H10BrN3O3S. The lowest BCUT2D eigenvalue weighted by Gasteiger charge is -2.11. The van der Waals surface area contributed by atoms with Crippen molar-refractivity contribution in [2.45, 2.75) is 19.4 Å². The fraction of sp³-hybridized carbons (Fsp3) is 0.375. The zero-order chi connectivity index (χ0) is 12.1. The summed E-state index contributed by atoms with van der Waals surface area (Å²) in [7, 11) is 0.